The Kier molecular flexibility index (Phi) is 4.78. The average Bonchev–Trinajstić information content (AvgIpc) is 2.27. The number of carbonyl (C=O) groups is 1. The highest BCUT2D eigenvalue weighted by Crippen LogP contribution is 2.27. The van der Waals surface area contributed by atoms with Gasteiger partial charge in [0.15, 0.2) is 11.5 Å². The standard InChI is InChI=1S/C12H18N2O3/c1-14(2)8-4-7-13-12(17)9-5-3-6-10(15)11(9)16/h3,5-6,15-16H,4,7-8H2,1-2H3,(H,13,17). The molecule has 0 aliphatic rings. The van der Waals surface area contributed by atoms with Gasteiger partial charge in [-0.25, -0.2) is 0 Å². The Hall–Kier alpha value is -1.75. The fraction of sp³-hybridized carbons (Fsp3) is 0.417. The van der Waals surface area contributed by atoms with E-state index in [1.165, 1.54) is 18.2 Å². The molecule has 0 fully saturated rings. The molecular weight excluding hydrogens is 220 g/mol. The second-order valence-electron chi connectivity index (χ2n) is 4.09. The maximum Gasteiger partial charge on any atom is 0.255 e. The normalized spacial score (nSPS) is 10.5. The van der Waals surface area contributed by atoms with Gasteiger partial charge in [0.1, 0.15) is 0 Å². The molecule has 1 aromatic carbocycles. The highest BCUT2D eigenvalue weighted by Gasteiger charge is 2.12. The first-order chi connectivity index (χ1) is 8.02. The summed E-state index contributed by atoms with van der Waals surface area (Å²) in [4.78, 5) is 13.7. The van der Waals surface area contributed by atoms with E-state index in [9.17, 15) is 15.0 Å². The van der Waals surface area contributed by atoms with Crippen molar-refractivity contribution in [2.45, 2.75) is 6.42 Å². The molecule has 1 rings (SSSR count). The van der Waals surface area contributed by atoms with Crippen molar-refractivity contribution in [2.75, 3.05) is 27.2 Å². The Morgan fingerprint density at radius 3 is 2.71 bits per heavy atom. The summed E-state index contributed by atoms with van der Waals surface area (Å²) < 4.78 is 0. The van der Waals surface area contributed by atoms with Crippen LogP contribution in [0.3, 0.4) is 0 Å². The molecule has 5 nitrogen and oxygen atoms in total. The molecule has 3 N–H and O–H groups in total. The topological polar surface area (TPSA) is 72.8 Å². The molecule has 0 aliphatic carbocycles. The van der Waals surface area contributed by atoms with Crippen molar-refractivity contribution in [1.29, 1.82) is 0 Å². The summed E-state index contributed by atoms with van der Waals surface area (Å²) in [6.07, 6.45) is 0.832. The molecular formula is C12H18N2O3. The molecule has 0 saturated carbocycles. The number of aromatic hydroxyl groups is 2. The number of benzene rings is 1. The summed E-state index contributed by atoms with van der Waals surface area (Å²) in [5, 5.41) is 21.4. The van der Waals surface area contributed by atoms with Gasteiger partial charge in [-0.15, -0.1) is 0 Å². The summed E-state index contributed by atoms with van der Waals surface area (Å²) in [6.45, 7) is 1.42. The van der Waals surface area contributed by atoms with Crippen LogP contribution in [-0.2, 0) is 0 Å². The van der Waals surface area contributed by atoms with Crippen LogP contribution in [0, 0.1) is 0 Å². The number of phenolic OH excluding ortho intramolecular Hbond substituents is 2. The van der Waals surface area contributed by atoms with Gasteiger partial charge in [-0.2, -0.15) is 0 Å². The van der Waals surface area contributed by atoms with Crippen LogP contribution in [0.4, 0.5) is 0 Å². The predicted molar refractivity (Wildman–Crippen MR) is 65.3 cm³/mol. The number of hydrogen-bond donors (Lipinski definition) is 3. The molecule has 0 bridgehead atoms. The van der Waals surface area contributed by atoms with Gasteiger partial charge < -0.3 is 20.4 Å². The van der Waals surface area contributed by atoms with Gasteiger partial charge in [-0.1, -0.05) is 6.07 Å². The van der Waals surface area contributed by atoms with E-state index in [1.54, 1.807) is 0 Å². The van der Waals surface area contributed by atoms with Gasteiger partial charge in [0.2, 0.25) is 0 Å². The number of nitrogens with one attached hydrogen (secondary N) is 1. The Balaban J connectivity index is 2.50. The van der Waals surface area contributed by atoms with Crippen LogP contribution < -0.4 is 5.32 Å². The lowest BCUT2D eigenvalue weighted by atomic mass is 10.1. The van der Waals surface area contributed by atoms with Crippen molar-refractivity contribution in [3.63, 3.8) is 0 Å². The summed E-state index contributed by atoms with van der Waals surface area (Å²) >= 11 is 0. The number of amides is 1. The second-order valence-corrected chi connectivity index (χ2v) is 4.09. The van der Waals surface area contributed by atoms with Gasteiger partial charge in [0.05, 0.1) is 5.56 Å². The van der Waals surface area contributed by atoms with Crippen LogP contribution in [0.15, 0.2) is 18.2 Å². The molecule has 0 aromatic heterocycles. The smallest absolute Gasteiger partial charge is 0.255 e. The van der Waals surface area contributed by atoms with E-state index in [4.69, 9.17) is 0 Å². The summed E-state index contributed by atoms with van der Waals surface area (Å²) in [5.74, 6) is -1.04. The van der Waals surface area contributed by atoms with Crippen molar-refractivity contribution >= 4 is 5.91 Å². The van der Waals surface area contributed by atoms with Crippen LogP contribution in [-0.4, -0.2) is 48.2 Å². The Labute approximate surface area is 101 Å². The number of carbonyl (C=O) groups excluding carboxylic acids is 1. The van der Waals surface area contributed by atoms with Crippen LogP contribution >= 0.6 is 0 Å². The molecule has 0 radical (unpaired) electrons. The van der Waals surface area contributed by atoms with E-state index in [2.05, 4.69) is 5.32 Å². The largest absolute Gasteiger partial charge is 0.504 e. The van der Waals surface area contributed by atoms with Crippen molar-refractivity contribution in [2.24, 2.45) is 0 Å². The van der Waals surface area contributed by atoms with Crippen molar-refractivity contribution in [3.05, 3.63) is 23.8 Å². The first-order valence-electron chi connectivity index (χ1n) is 5.46. The third kappa shape index (κ3) is 3.96. The Morgan fingerprint density at radius 1 is 1.35 bits per heavy atom. The summed E-state index contributed by atoms with van der Waals surface area (Å²) in [5.41, 5.74) is 0.0925. The molecule has 0 heterocycles. The van der Waals surface area contributed by atoms with Gasteiger partial charge in [-0.05, 0) is 39.2 Å². The summed E-state index contributed by atoms with van der Waals surface area (Å²) in [6, 6.07) is 4.32. The van der Waals surface area contributed by atoms with Gasteiger partial charge >= 0.3 is 0 Å². The average molecular weight is 238 g/mol. The molecule has 0 unspecified atom stereocenters. The van der Waals surface area contributed by atoms with Gasteiger partial charge in [-0.3, -0.25) is 4.79 Å². The van der Waals surface area contributed by atoms with Crippen molar-refractivity contribution in [1.82, 2.24) is 10.2 Å². The molecule has 17 heavy (non-hydrogen) atoms. The van der Waals surface area contributed by atoms with E-state index in [0.29, 0.717) is 6.54 Å². The number of para-hydroxylation sites is 1. The van der Waals surface area contributed by atoms with Crippen LogP contribution in [0.1, 0.15) is 16.8 Å². The van der Waals surface area contributed by atoms with Crippen molar-refractivity contribution < 1.29 is 15.0 Å². The first-order valence-corrected chi connectivity index (χ1v) is 5.46. The minimum atomic E-state index is -0.378. The Bertz CT molecular complexity index is 391. The van der Waals surface area contributed by atoms with E-state index >= 15 is 0 Å². The fourth-order valence-electron chi connectivity index (χ4n) is 1.41. The lowest BCUT2D eigenvalue weighted by Gasteiger charge is -2.10. The third-order valence-corrected chi connectivity index (χ3v) is 2.33. The van der Waals surface area contributed by atoms with Crippen LogP contribution in [0.5, 0.6) is 11.5 Å². The van der Waals surface area contributed by atoms with Crippen molar-refractivity contribution in [3.8, 4) is 11.5 Å². The predicted octanol–water partition coefficient (Wildman–Crippen LogP) is 0.779. The number of phenols is 2. The third-order valence-electron chi connectivity index (χ3n) is 2.33. The molecule has 0 spiro atoms. The lowest BCUT2D eigenvalue weighted by molar-refractivity contribution is 0.0949. The molecule has 0 atom stereocenters. The minimum Gasteiger partial charge on any atom is -0.504 e. The zero-order valence-electron chi connectivity index (χ0n) is 10.1. The highest BCUT2D eigenvalue weighted by molar-refractivity contribution is 5.97. The SMILES string of the molecule is CN(C)CCCNC(=O)c1cccc(O)c1O. The number of rotatable bonds is 5. The number of nitrogens with zero attached hydrogens (tertiary/aromatic N) is 1. The number of hydrogen-bond acceptors (Lipinski definition) is 4. The minimum absolute atomic E-state index is 0.0925. The van der Waals surface area contributed by atoms with Gasteiger partial charge in [0, 0.05) is 6.54 Å². The molecule has 94 valence electrons. The fourth-order valence-corrected chi connectivity index (χ4v) is 1.41. The van der Waals surface area contributed by atoms with E-state index in [0.717, 1.165) is 13.0 Å². The quantitative estimate of drug-likeness (QED) is 0.523. The van der Waals surface area contributed by atoms with Crippen LogP contribution in [0.2, 0.25) is 0 Å². The monoisotopic (exact) mass is 238 g/mol. The molecule has 1 aromatic rings. The second kappa shape index (κ2) is 6.10. The summed E-state index contributed by atoms with van der Waals surface area (Å²) in [7, 11) is 3.92. The molecule has 0 aliphatic heterocycles. The van der Waals surface area contributed by atoms with Gasteiger partial charge in [0.25, 0.3) is 5.91 Å². The maximum atomic E-state index is 11.7. The lowest BCUT2D eigenvalue weighted by Crippen LogP contribution is -2.27. The zero-order valence-corrected chi connectivity index (χ0v) is 10.1. The maximum absolute atomic E-state index is 11.7. The highest BCUT2D eigenvalue weighted by atomic mass is 16.3. The van der Waals surface area contributed by atoms with E-state index in [1.807, 2.05) is 19.0 Å². The molecule has 0 saturated heterocycles. The molecule has 5 heteroatoms. The Morgan fingerprint density at radius 2 is 2.06 bits per heavy atom. The van der Waals surface area contributed by atoms with E-state index < -0.39 is 0 Å². The van der Waals surface area contributed by atoms with Crippen LogP contribution in [0.25, 0.3) is 0 Å². The van der Waals surface area contributed by atoms with E-state index in [-0.39, 0.29) is 23.0 Å². The zero-order chi connectivity index (χ0) is 12.8. The molecule has 1 amide bonds. The first kappa shape index (κ1) is 13.3.